The Morgan fingerprint density at radius 1 is 1.41 bits per heavy atom. The molecular formula is C17H21N3O2. The molecule has 0 saturated carbocycles. The van der Waals surface area contributed by atoms with Crippen LogP contribution in [0.15, 0.2) is 24.3 Å². The molecule has 5 heteroatoms. The van der Waals surface area contributed by atoms with Crippen molar-refractivity contribution in [3.63, 3.8) is 0 Å². The van der Waals surface area contributed by atoms with Crippen molar-refractivity contribution < 1.29 is 9.53 Å². The van der Waals surface area contributed by atoms with E-state index in [-0.39, 0.29) is 5.91 Å². The van der Waals surface area contributed by atoms with E-state index in [1.807, 2.05) is 36.0 Å². The van der Waals surface area contributed by atoms with E-state index in [4.69, 9.17) is 4.74 Å². The fourth-order valence-corrected chi connectivity index (χ4v) is 3.02. The van der Waals surface area contributed by atoms with E-state index in [2.05, 4.69) is 10.4 Å². The summed E-state index contributed by atoms with van der Waals surface area (Å²) in [5, 5.41) is 7.53. The molecule has 116 valence electrons. The summed E-state index contributed by atoms with van der Waals surface area (Å²) in [7, 11) is 3.57. The van der Waals surface area contributed by atoms with Crippen LogP contribution in [0.2, 0.25) is 0 Å². The van der Waals surface area contributed by atoms with Crippen molar-refractivity contribution >= 4 is 5.91 Å². The van der Waals surface area contributed by atoms with Crippen molar-refractivity contribution in [2.24, 2.45) is 7.05 Å². The molecule has 22 heavy (non-hydrogen) atoms. The van der Waals surface area contributed by atoms with Crippen LogP contribution in [0.1, 0.15) is 28.9 Å². The molecule has 0 saturated heterocycles. The lowest BCUT2D eigenvalue weighted by Gasteiger charge is -2.08. The van der Waals surface area contributed by atoms with Gasteiger partial charge < -0.3 is 10.1 Å². The van der Waals surface area contributed by atoms with Crippen LogP contribution in [-0.4, -0.2) is 22.8 Å². The standard InChI is InChI=1S/C17H21N3O2/c1-20-16(14-7-4-8-15(14)19-20)11-18-17(21)10-12-5-3-6-13(9-12)22-2/h3,5-6,9H,4,7-8,10-11H2,1-2H3,(H,18,21). The van der Waals surface area contributed by atoms with Gasteiger partial charge in [0, 0.05) is 7.05 Å². The number of amides is 1. The van der Waals surface area contributed by atoms with Crippen molar-refractivity contribution in [2.75, 3.05) is 7.11 Å². The van der Waals surface area contributed by atoms with Crippen LogP contribution in [0, 0.1) is 0 Å². The number of aryl methyl sites for hydroxylation is 2. The first kappa shape index (κ1) is 14.6. The van der Waals surface area contributed by atoms with Crippen molar-refractivity contribution in [2.45, 2.75) is 32.2 Å². The van der Waals surface area contributed by atoms with E-state index < -0.39 is 0 Å². The van der Waals surface area contributed by atoms with Crippen molar-refractivity contribution in [3.8, 4) is 5.75 Å². The minimum Gasteiger partial charge on any atom is -0.497 e. The van der Waals surface area contributed by atoms with E-state index in [1.165, 1.54) is 17.7 Å². The summed E-state index contributed by atoms with van der Waals surface area (Å²) in [6.07, 6.45) is 3.66. The summed E-state index contributed by atoms with van der Waals surface area (Å²) in [5.41, 5.74) is 4.60. The van der Waals surface area contributed by atoms with Gasteiger partial charge in [0.2, 0.25) is 5.91 Å². The summed E-state index contributed by atoms with van der Waals surface area (Å²) in [6, 6.07) is 7.60. The number of methoxy groups -OCH3 is 1. The second-order valence-corrected chi connectivity index (χ2v) is 5.65. The Kier molecular flexibility index (Phi) is 4.13. The number of fused-ring (bicyclic) bond motifs is 1. The minimum absolute atomic E-state index is 0.0150. The van der Waals surface area contributed by atoms with E-state index in [0.29, 0.717) is 13.0 Å². The first-order chi connectivity index (χ1) is 10.7. The highest BCUT2D eigenvalue weighted by Gasteiger charge is 2.20. The Balaban J connectivity index is 1.61. The Hall–Kier alpha value is -2.30. The molecule has 0 bridgehead atoms. The van der Waals surface area contributed by atoms with Gasteiger partial charge in [0.25, 0.3) is 0 Å². The summed E-state index contributed by atoms with van der Waals surface area (Å²) >= 11 is 0. The van der Waals surface area contributed by atoms with Crippen LogP contribution in [-0.2, 0) is 37.6 Å². The number of rotatable bonds is 5. The number of benzene rings is 1. The second kappa shape index (κ2) is 6.22. The van der Waals surface area contributed by atoms with Gasteiger partial charge in [-0.15, -0.1) is 0 Å². The Morgan fingerprint density at radius 2 is 2.27 bits per heavy atom. The lowest BCUT2D eigenvalue weighted by molar-refractivity contribution is -0.120. The molecule has 2 aromatic rings. The normalized spacial score (nSPS) is 13.0. The largest absolute Gasteiger partial charge is 0.497 e. The molecule has 1 aromatic carbocycles. The topological polar surface area (TPSA) is 56.1 Å². The molecule has 0 radical (unpaired) electrons. The van der Waals surface area contributed by atoms with Crippen molar-refractivity contribution in [3.05, 3.63) is 46.8 Å². The lowest BCUT2D eigenvalue weighted by atomic mass is 10.1. The number of carbonyl (C=O) groups is 1. The molecule has 0 spiro atoms. The summed E-state index contributed by atoms with van der Waals surface area (Å²) in [4.78, 5) is 12.1. The average molecular weight is 299 g/mol. The average Bonchev–Trinajstić information content (AvgIpc) is 3.06. The molecule has 1 aliphatic carbocycles. The monoisotopic (exact) mass is 299 g/mol. The quantitative estimate of drug-likeness (QED) is 0.915. The third kappa shape index (κ3) is 2.98. The SMILES string of the molecule is COc1cccc(CC(=O)NCc2c3c(nn2C)CCC3)c1. The number of hydrogen-bond acceptors (Lipinski definition) is 3. The molecule has 3 rings (SSSR count). The van der Waals surface area contributed by atoms with Crippen molar-refractivity contribution in [1.82, 2.24) is 15.1 Å². The molecule has 1 heterocycles. The molecule has 0 aliphatic heterocycles. The molecular weight excluding hydrogens is 278 g/mol. The van der Waals surface area contributed by atoms with Crippen molar-refractivity contribution in [1.29, 1.82) is 0 Å². The van der Waals surface area contributed by atoms with E-state index in [0.717, 1.165) is 29.8 Å². The van der Waals surface area contributed by atoms with E-state index >= 15 is 0 Å². The zero-order valence-electron chi connectivity index (χ0n) is 13.1. The first-order valence-electron chi connectivity index (χ1n) is 7.60. The Bertz CT molecular complexity index is 691. The molecule has 5 nitrogen and oxygen atoms in total. The lowest BCUT2D eigenvalue weighted by Crippen LogP contribution is -2.26. The van der Waals surface area contributed by atoms with Crippen LogP contribution in [0.3, 0.4) is 0 Å². The van der Waals surface area contributed by atoms with Gasteiger partial charge in [-0.2, -0.15) is 5.10 Å². The molecule has 1 aromatic heterocycles. The number of carbonyl (C=O) groups excluding carboxylic acids is 1. The van der Waals surface area contributed by atoms with Crippen LogP contribution in [0.4, 0.5) is 0 Å². The zero-order chi connectivity index (χ0) is 15.5. The highest BCUT2D eigenvalue weighted by atomic mass is 16.5. The number of nitrogens with one attached hydrogen (secondary N) is 1. The van der Waals surface area contributed by atoms with Crippen LogP contribution in [0.25, 0.3) is 0 Å². The molecule has 1 aliphatic rings. The fraction of sp³-hybridized carbons (Fsp3) is 0.412. The van der Waals surface area contributed by atoms with Gasteiger partial charge in [-0.3, -0.25) is 9.48 Å². The van der Waals surface area contributed by atoms with Gasteiger partial charge >= 0.3 is 0 Å². The number of hydrogen-bond donors (Lipinski definition) is 1. The van der Waals surface area contributed by atoms with Gasteiger partial charge in [0.1, 0.15) is 5.75 Å². The molecule has 0 atom stereocenters. The highest BCUT2D eigenvalue weighted by molar-refractivity contribution is 5.78. The molecule has 1 amide bonds. The molecule has 0 fully saturated rings. The first-order valence-corrected chi connectivity index (χ1v) is 7.60. The summed E-state index contributed by atoms with van der Waals surface area (Å²) in [5.74, 6) is 0.788. The summed E-state index contributed by atoms with van der Waals surface area (Å²) < 4.78 is 7.08. The Labute approximate surface area is 130 Å². The van der Waals surface area contributed by atoms with E-state index in [1.54, 1.807) is 7.11 Å². The molecule has 0 unspecified atom stereocenters. The van der Waals surface area contributed by atoms with Gasteiger partial charge in [-0.05, 0) is 42.5 Å². The van der Waals surface area contributed by atoms with Crippen LogP contribution in [0.5, 0.6) is 5.75 Å². The fourth-order valence-electron chi connectivity index (χ4n) is 3.02. The molecule has 1 N–H and O–H groups in total. The predicted octanol–water partition coefficient (Wildman–Crippen LogP) is 1.78. The van der Waals surface area contributed by atoms with Crippen LogP contribution < -0.4 is 10.1 Å². The van der Waals surface area contributed by atoms with Gasteiger partial charge in [0.05, 0.1) is 31.5 Å². The number of nitrogens with zero attached hydrogens (tertiary/aromatic N) is 2. The third-order valence-electron chi connectivity index (χ3n) is 4.15. The van der Waals surface area contributed by atoms with E-state index in [9.17, 15) is 4.79 Å². The zero-order valence-corrected chi connectivity index (χ0v) is 13.1. The maximum Gasteiger partial charge on any atom is 0.224 e. The predicted molar refractivity (Wildman–Crippen MR) is 83.8 cm³/mol. The number of aromatic nitrogens is 2. The maximum absolute atomic E-state index is 12.1. The maximum atomic E-state index is 12.1. The Morgan fingerprint density at radius 3 is 3.09 bits per heavy atom. The second-order valence-electron chi connectivity index (χ2n) is 5.65. The van der Waals surface area contributed by atoms with Gasteiger partial charge in [-0.25, -0.2) is 0 Å². The van der Waals surface area contributed by atoms with Crippen LogP contribution >= 0.6 is 0 Å². The van der Waals surface area contributed by atoms with Gasteiger partial charge in [-0.1, -0.05) is 12.1 Å². The summed E-state index contributed by atoms with van der Waals surface area (Å²) in [6.45, 7) is 0.543. The minimum atomic E-state index is 0.0150. The third-order valence-corrected chi connectivity index (χ3v) is 4.15. The number of ether oxygens (including phenoxy) is 1. The van der Waals surface area contributed by atoms with Gasteiger partial charge in [0.15, 0.2) is 0 Å². The highest BCUT2D eigenvalue weighted by Crippen LogP contribution is 2.24. The smallest absolute Gasteiger partial charge is 0.224 e.